The number of likely N-dealkylation sites (tertiary alicyclic amines) is 1. The van der Waals surface area contributed by atoms with Crippen LogP contribution in [-0.2, 0) is 4.79 Å². The number of imide groups is 1. The Balaban J connectivity index is 1.78. The number of guanidine groups is 1. The van der Waals surface area contributed by atoms with Crippen molar-refractivity contribution in [1.82, 2.24) is 19.7 Å². The molecule has 0 spiro atoms. The van der Waals surface area contributed by atoms with Gasteiger partial charge in [-0.2, -0.15) is 0 Å². The fourth-order valence-electron chi connectivity index (χ4n) is 4.70. The molecule has 2 fully saturated rings. The second-order valence-corrected chi connectivity index (χ2v) is 9.34. The van der Waals surface area contributed by atoms with Gasteiger partial charge in [0, 0.05) is 38.4 Å². The normalized spacial score (nSPS) is 28.1. The summed E-state index contributed by atoms with van der Waals surface area (Å²) in [7, 11) is 1.71. The first-order valence-corrected chi connectivity index (χ1v) is 11.2. The number of rotatable bonds is 3. The summed E-state index contributed by atoms with van der Waals surface area (Å²) >= 11 is 0. The van der Waals surface area contributed by atoms with E-state index in [1.54, 1.807) is 24.1 Å². The molecule has 172 valence electrons. The Morgan fingerprint density at radius 3 is 2.72 bits per heavy atom. The van der Waals surface area contributed by atoms with E-state index >= 15 is 0 Å². The van der Waals surface area contributed by atoms with Crippen LogP contribution < -0.4 is 10.6 Å². The lowest BCUT2D eigenvalue weighted by molar-refractivity contribution is -0.127. The fourth-order valence-corrected chi connectivity index (χ4v) is 4.70. The molecule has 1 aromatic rings. The van der Waals surface area contributed by atoms with E-state index in [9.17, 15) is 9.59 Å². The largest absolute Gasteiger partial charge is 0.341 e. The predicted molar refractivity (Wildman–Crippen MR) is 124 cm³/mol. The van der Waals surface area contributed by atoms with E-state index in [1.165, 1.54) is 4.90 Å². The number of hydrogen-bond acceptors (Lipinski definition) is 7. The molecule has 0 aromatic carbocycles. The van der Waals surface area contributed by atoms with Crippen molar-refractivity contribution in [3.63, 3.8) is 0 Å². The predicted octanol–water partition coefficient (Wildman–Crippen LogP) is 1.93. The Labute approximate surface area is 189 Å². The third kappa shape index (κ3) is 3.64. The van der Waals surface area contributed by atoms with Crippen molar-refractivity contribution in [3.05, 3.63) is 35.5 Å². The Morgan fingerprint density at radius 2 is 2.06 bits per heavy atom. The third-order valence-corrected chi connectivity index (χ3v) is 6.56. The number of fused-ring (bicyclic) bond motifs is 1. The van der Waals surface area contributed by atoms with Gasteiger partial charge < -0.3 is 15.5 Å². The van der Waals surface area contributed by atoms with Gasteiger partial charge in [0.1, 0.15) is 5.82 Å². The average molecular weight is 440 g/mol. The number of aryl methyl sites for hydroxylation is 1. The highest BCUT2D eigenvalue weighted by atomic mass is 16.2. The van der Waals surface area contributed by atoms with Gasteiger partial charge >= 0.3 is 6.03 Å². The van der Waals surface area contributed by atoms with E-state index in [0.29, 0.717) is 18.9 Å². The van der Waals surface area contributed by atoms with Gasteiger partial charge in [-0.3, -0.25) is 9.69 Å². The number of aliphatic imine (C=N–C) groups is 1. The summed E-state index contributed by atoms with van der Waals surface area (Å²) < 4.78 is 0. The molecule has 2 saturated heterocycles. The van der Waals surface area contributed by atoms with Gasteiger partial charge in [0.2, 0.25) is 0 Å². The maximum Gasteiger partial charge on any atom is 0.334 e. The molecule has 9 nitrogen and oxygen atoms in total. The van der Waals surface area contributed by atoms with Crippen LogP contribution in [-0.4, -0.2) is 82.0 Å². The van der Waals surface area contributed by atoms with Crippen LogP contribution in [0.3, 0.4) is 0 Å². The van der Waals surface area contributed by atoms with Crippen LogP contribution in [0.2, 0.25) is 0 Å². The van der Waals surface area contributed by atoms with Crippen molar-refractivity contribution in [1.29, 1.82) is 0 Å². The maximum atomic E-state index is 13.9. The molecule has 9 heteroatoms. The lowest BCUT2D eigenvalue weighted by atomic mass is 9.97. The Kier molecular flexibility index (Phi) is 5.70. The van der Waals surface area contributed by atoms with Crippen molar-refractivity contribution in [2.75, 3.05) is 31.6 Å². The van der Waals surface area contributed by atoms with Crippen molar-refractivity contribution < 1.29 is 9.59 Å². The van der Waals surface area contributed by atoms with Crippen molar-refractivity contribution >= 4 is 23.7 Å². The Hall–Kier alpha value is -2.94. The van der Waals surface area contributed by atoms with E-state index in [4.69, 9.17) is 10.7 Å². The number of aromatic nitrogens is 1. The molecule has 0 radical (unpaired) electrons. The van der Waals surface area contributed by atoms with Gasteiger partial charge in [0.15, 0.2) is 17.7 Å². The molecular weight excluding hydrogens is 406 g/mol. The molecule has 3 atom stereocenters. The molecular formula is C23H33N7O2. The number of hydrogen-bond donors (Lipinski definition) is 1. The zero-order valence-corrected chi connectivity index (χ0v) is 19.6. The van der Waals surface area contributed by atoms with Crippen molar-refractivity contribution in [2.45, 2.75) is 58.3 Å². The number of carbonyl (C=O) groups is 2. The van der Waals surface area contributed by atoms with Gasteiger partial charge in [-0.05, 0) is 52.7 Å². The lowest BCUT2D eigenvalue weighted by Crippen LogP contribution is -2.71. The molecule has 0 bridgehead atoms. The lowest BCUT2D eigenvalue weighted by Gasteiger charge is -2.46. The molecule has 3 amide bonds. The number of carbonyl (C=O) groups excluding carboxylic acids is 2. The molecule has 4 rings (SSSR count). The zero-order valence-electron chi connectivity index (χ0n) is 19.6. The van der Waals surface area contributed by atoms with E-state index in [2.05, 4.69) is 16.0 Å². The number of anilines is 1. The second kappa shape index (κ2) is 8.20. The second-order valence-electron chi connectivity index (χ2n) is 9.34. The number of urea groups is 1. The minimum atomic E-state index is -1.01. The summed E-state index contributed by atoms with van der Waals surface area (Å²) in [5.41, 5.74) is 7.13. The van der Waals surface area contributed by atoms with Crippen LogP contribution in [0.1, 0.15) is 39.3 Å². The van der Waals surface area contributed by atoms with Crippen LogP contribution >= 0.6 is 0 Å². The minimum Gasteiger partial charge on any atom is -0.341 e. The van der Waals surface area contributed by atoms with Crippen molar-refractivity contribution in [2.24, 2.45) is 10.7 Å². The quantitative estimate of drug-likeness (QED) is 0.723. The monoisotopic (exact) mass is 439 g/mol. The molecule has 2 N–H and O–H groups in total. The third-order valence-electron chi connectivity index (χ3n) is 6.56. The first-order chi connectivity index (χ1) is 15.1. The number of likely N-dealkylation sites (N-methyl/N-ethyl adjacent to an activating group) is 1. The number of allylic oxidation sites excluding steroid dienone is 1. The van der Waals surface area contributed by atoms with Crippen LogP contribution in [0, 0.1) is 6.92 Å². The summed E-state index contributed by atoms with van der Waals surface area (Å²) in [6, 6.07) is 4.33. The fraction of sp³-hybridized carbons (Fsp3) is 0.565. The molecule has 3 aliphatic rings. The summed E-state index contributed by atoms with van der Waals surface area (Å²) in [5.74, 6) is 0.762. The number of amides is 3. The number of pyridine rings is 1. The van der Waals surface area contributed by atoms with E-state index < -0.39 is 17.7 Å². The molecule has 3 unspecified atom stereocenters. The molecule has 32 heavy (non-hydrogen) atoms. The SMILES string of the molecule is CC(C)=CCN1C(N2CCCC(N)C2)=NC2(C)C1C(=O)N(c1cccc(C)n1)C(=O)N2C. The van der Waals surface area contributed by atoms with Gasteiger partial charge in [0.05, 0.1) is 0 Å². The standard InChI is InChI=1S/C23H33N7O2/c1-15(2)11-13-29-19-20(31)30(18-10-6-8-16(3)25-18)22(32)27(5)23(19,4)26-21(29)28-12-7-9-17(24)14-28/h6,8,10-11,17,19H,7,9,12-14,24H2,1-5H3. The van der Waals surface area contributed by atoms with Crippen LogP contribution in [0.4, 0.5) is 10.6 Å². The van der Waals surface area contributed by atoms with Gasteiger partial charge in [-0.15, -0.1) is 0 Å². The smallest absolute Gasteiger partial charge is 0.334 e. The van der Waals surface area contributed by atoms with E-state index in [-0.39, 0.29) is 11.9 Å². The summed E-state index contributed by atoms with van der Waals surface area (Å²) in [6.45, 7) is 9.80. The van der Waals surface area contributed by atoms with Gasteiger partial charge in [-0.1, -0.05) is 17.7 Å². The van der Waals surface area contributed by atoms with Crippen LogP contribution in [0.5, 0.6) is 0 Å². The highest BCUT2D eigenvalue weighted by Crippen LogP contribution is 2.39. The summed E-state index contributed by atoms with van der Waals surface area (Å²) in [4.78, 5) is 43.7. The molecule has 3 aliphatic heterocycles. The number of nitrogens with two attached hydrogens (primary N) is 1. The Morgan fingerprint density at radius 1 is 1.31 bits per heavy atom. The highest BCUT2D eigenvalue weighted by Gasteiger charge is 2.60. The van der Waals surface area contributed by atoms with Gasteiger partial charge in [-0.25, -0.2) is 19.7 Å². The topological polar surface area (TPSA) is 98.4 Å². The Bertz CT molecular complexity index is 986. The van der Waals surface area contributed by atoms with Crippen LogP contribution in [0.15, 0.2) is 34.8 Å². The summed E-state index contributed by atoms with van der Waals surface area (Å²) in [5, 5.41) is 0. The number of nitrogens with zero attached hydrogens (tertiary/aromatic N) is 6. The average Bonchev–Trinajstić information content (AvgIpc) is 3.05. The first kappa shape index (κ1) is 22.3. The van der Waals surface area contributed by atoms with Gasteiger partial charge in [0.25, 0.3) is 5.91 Å². The maximum absolute atomic E-state index is 13.9. The highest BCUT2D eigenvalue weighted by molar-refractivity contribution is 6.19. The molecule has 4 heterocycles. The van der Waals surface area contributed by atoms with E-state index in [1.807, 2.05) is 38.7 Å². The number of piperidine rings is 1. The van der Waals surface area contributed by atoms with Crippen LogP contribution in [0.25, 0.3) is 0 Å². The van der Waals surface area contributed by atoms with E-state index in [0.717, 1.165) is 36.6 Å². The molecule has 0 aliphatic carbocycles. The first-order valence-electron chi connectivity index (χ1n) is 11.2. The summed E-state index contributed by atoms with van der Waals surface area (Å²) in [6.07, 6.45) is 4.03. The zero-order chi connectivity index (χ0) is 23.2. The molecule has 0 saturated carbocycles. The van der Waals surface area contributed by atoms with Crippen molar-refractivity contribution in [3.8, 4) is 0 Å². The molecule has 1 aromatic heterocycles. The minimum absolute atomic E-state index is 0.0650.